The molecule has 1 aliphatic rings. The summed E-state index contributed by atoms with van der Waals surface area (Å²) in [5, 5.41) is 3.99. The number of hydrogen-bond acceptors (Lipinski definition) is 6. The summed E-state index contributed by atoms with van der Waals surface area (Å²) < 4.78 is 32.0. The lowest BCUT2D eigenvalue weighted by Crippen LogP contribution is -2.47. The van der Waals surface area contributed by atoms with Gasteiger partial charge in [-0.05, 0) is 45.2 Å². The van der Waals surface area contributed by atoms with Gasteiger partial charge in [-0.15, -0.1) is 11.8 Å². The van der Waals surface area contributed by atoms with Crippen molar-refractivity contribution in [3.8, 4) is 0 Å². The zero-order chi connectivity index (χ0) is 21.7. The number of rotatable bonds is 8. The van der Waals surface area contributed by atoms with Crippen molar-refractivity contribution in [3.05, 3.63) is 46.8 Å². The number of aromatic nitrogens is 1. The summed E-state index contributed by atoms with van der Waals surface area (Å²) in [5.41, 5.74) is 2.61. The molecule has 3 rings (SSSR count). The number of piperidine rings is 1. The molecule has 1 saturated heterocycles. The van der Waals surface area contributed by atoms with Crippen LogP contribution in [0.5, 0.6) is 0 Å². The maximum Gasteiger partial charge on any atom is 0.254 e. The molecule has 2 aromatic rings. The fourth-order valence-corrected chi connectivity index (χ4v) is 6.18. The Morgan fingerprint density at radius 1 is 1.27 bits per heavy atom. The molecule has 30 heavy (non-hydrogen) atoms. The minimum Gasteiger partial charge on any atom is -0.361 e. The van der Waals surface area contributed by atoms with E-state index < -0.39 is 10.0 Å². The highest BCUT2D eigenvalue weighted by atomic mass is 32.2. The van der Waals surface area contributed by atoms with Crippen LogP contribution in [-0.2, 0) is 15.8 Å². The Bertz CT molecular complexity index is 960. The van der Waals surface area contributed by atoms with Crippen LogP contribution in [0.3, 0.4) is 0 Å². The van der Waals surface area contributed by atoms with Crippen molar-refractivity contribution >= 4 is 27.7 Å². The summed E-state index contributed by atoms with van der Waals surface area (Å²) in [6.45, 7) is 6.75. The van der Waals surface area contributed by atoms with Crippen molar-refractivity contribution < 1.29 is 17.7 Å². The van der Waals surface area contributed by atoms with Gasteiger partial charge >= 0.3 is 0 Å². The molecule has 0 unspecified atom stereocenters. The molecule has 1 aromatic carbocycles. The standard InChI is InChI=1S/C21H29N3O4S2/c1-4-13-30(26,27)23-17-9-11-24(12-10-17)21(25)18-7-5-6-8-20(18)29-14-19-15(2)22-28-16(19)3/h5-8,17,23H,4,9-14H2,1-3H3. The minimum absolute atomic E-state index is 0.00766. The molecule has 7 nitrogen and oxygen atoms in total. The third-order valence-corrected chi connectivity index (χ3v) is 8.01. The molecule has 1 aromatic heterocycles. The predicted octanol–water partition coefficient (Wildman–Crippen LogP) is 3.52. The smallest absolute Gasteiger partial charge is 0.254 e. The van der Waals surface area contributed by atoms with Crippen molar-refractivity contribution in [1.82, 2.24) is 14.8 Å². The molecule has 164 valence electrons. The number of carbonyl (C=O) groups is 1. The van der Waals surface area contributed by atoms with Gasteiger partial charge in [-0.25, -0.2) is 13.1 Å². The number of hydrogen-bond donors (Lipinski definition) is 1. The van der Waals surface area contributed by atoms with E-state index in [4.69, 9.17) is 4.52 Å². The topological polar surface area (TPSA) is 92.5 Å². The van der Waals surface area contributed by atoms with E-state index in [2.05, 4.69) is 9.88 Å². The molecule has 0 atom stereocenters. The van der Waals surface area contributed by atoms with E-state index in [0.717, 1.165) is 21.9 Å². The average molecular weight is 452 g/mol. The van der Waals surface area contributed by atoms with Gasteiger partial charge in [-0.3, -0.25) is 4.79 Å². The van der Waals surface area contributed by atoms with E-state index in [0.29, 0.717) is 43.7 Å². The van der Waals surface area contributed by atoms with Crippen LogP contribution in [0.15, 0.2) is 33.7 Å². The molecule has 0 spiro atoms. The molecule has 9 heteroatoms. The third kappa shape index (κ3) is 5.65. The zero-order valence-corrected chi connectivity index (χ0v) is 19.3. The van der Waals surface area contributed by atoms with Crippen molar-refractivity contribution in [3.63, 3.8) is 0 Å². The number of amides is 1. The van der Waals surface area contributed by atoms with Gasteiger partial charge in [0.2, 0.25) is 10.0 Å². The van der Waals surface area contributed by atoms with Gasteiger partial charge in [0.05, 0.1) is 17.0 Å². The Morgan fingerprint density at radius 3 is 2.60 bits per heavy atom. The largest absolute Gasteiger partial charge is 0.361 e. The van der Waals surface area contributed by atoms with Crippen LogP contribution in [0.4, 0.5) is 0 Å². The number of sulfonamides is 1. The van der Waals surface area contributed by atoms with Crippen LogP contribution in [0, 0.1) is 13.8 Å². The quantitative estimate of drug-likeness (QED) is 0.618. The average Bonchev–Trinajstić information content (AvgIpc) is 3.04. The number of likely N-dealkylation sites (tertiary alicyclic amines) is 1. The van der Waals surface area contributed by atoms with Crippen molar-refractivity contribution in [2.75, 3.05) is 18.8 Å². The van der Waals surface area contributed by atoms with Crippen LogP contribution in [0.2, 0.25) is 0 Å². The highest BCUT2D eigenvalue weighted by molar-refractivity contribution is 7.98. The van der Waals surface area contributed by atoms with Gasteiger partial charge in [0.15, 0.2) is 0 Å². The van der Waals surface area contributed by atoms with Gasteiger partial charge in [0.1, 0.15) is 5.76 Å². The minimum atomic E-state index is -3.23. The monoisotopic (exact) mass is 451 g/mol. The summed E-state index contributed by atoms with van der Waals surface area (Å²) in [4.78, 5) is 15.9. The lowest BCUT2D eigenvalue weighted by Gasteiger charge is -2.32. The van der Waals surface area contributed by atoms with E-state index >= 15 is 0 Å². The lowest BCUT2D eigenvalue weighted by molar-refractivity contribution is 0.0708. The lowest BCUT2D eigenvalue weighted by atomic mass is 10.0. The number of carbonyl (C=O) groups excluding carboxylic acids is 1. The molecule has 1 aliphatic heterocycles. The SMILES string of the molecule is CCCS(=O)(=O)NC1CCN(C(=O)c2ccccc2SCc2c(C)noc2C)CC1. The fourth-order valence-electron chi connectivity index (χ4n) is 3.58. The van der Waals surface area contributed by atoms with Gasteiger partial charge < -0.3 is 9.42 Å². The first-order valence-corrected chi connectivity index (χ1v) is 12.9. The Balaban J connectivity index is 1.62. The second kappa shape index (κ2) is 9.98. The second-order valence-electron chi connectivity index (χ2n) is 7.59. The van der Waals surface area contributed by atoms with Crippen LogP contribution in [0.1, 0.15) is 53.6 Å². The number of benzene rings is 1. The highest BCUT2D eigenvalue weighted by Crippen LogP contribution is 2.30. The molecule has 0 aliphatic carbocycles. The zero-order valence-electron chi connectivity index (χ0n) is 17.7. The molecule has 0 radical (unpaired) electrons. The predicted molar refractivity (Wildman–Crippen MR) is 118 cm³/mol. The first kappa shape index (κ1) is 22.8. The Morgan fingerprint density at radius 2 is 1.97 bits per heavy atom. The first-order chi connectivity index (χ1) is 14.3. The maximum atomic E-state index is 13.2. The van der Waals surface area contributed by atoms with Gasteiger partial charge in [-0.1, -0.05) is 24.2 Å². The molecule has 2 heterocycles. The van der Waals surface area contributed by atoms with Crippen LogP contribution in [-0.4, -0.2) is 49.3 Å². The number of aryl methyl sites for hydroxylation is 2. The maximum absolute atomic E-state index is 13.2. The third-order valence-electron chi connectivity index (χ3n) is 5.27. The summed E-state index contributed by atoms with van der Waals surface area (Å²) >= 11 is 1.60. The second-order valence-corrected chi connectivity index (χ2v) is 10.5. The molecular formula is C21H29N3O4S2. The van der Waals surface area contributed by atoms with Crippen molar-refractivity contribution in [2.24, 2.45) is 0 Å². The Hall–Kier alpha value is -1.84. The van der Waals surface area contributed by atoms with Crippen molar-refractivity contribution in [2.45, 2.75) is 56.7 Å². The molecule has 0 bridgehead atoms. The number of thioether (sulfide) groups is 1. The van der Waals surface area contributed by atoms with Gasteiger partial charge in [0, 0.05) is 35.3 Å². The normalized spacial score (nSPS) is 15.5. The van der Waals surface area contributed by atoms with Crippen LogP contribution < -0.4 is 4.72 Å². The molecule has 1 N–H and O–H groups in total. The van der Waals surface area contributed by atoms with Crippen LogP contribution >= 0.6 is 11.8 Å². The van der Waals surface area contributed by atoms with E-state index in [-0.39, 0.29) is 17.7 Å². The van der Waals surface area contributed by atoms with E-state index in [1.54, 1.807) is 11.8 Å². The molecule has 1 amide bonds. The van der Waals surface area contributed by atoms with Gasteiger partial charge in [-0.2, -0.15) is 0 Å². The Kier molecular flexibility index (Phi) is 7.60. The molecule has 1 fully saturated rings. The van der Waals surface area contributed by atoms with E-state index in [9.17, 15) is 13.2 Å². The van der Waals surface area contributed by atoms with Gasteiger partial charge in [0.25, 0.3) is 5.91 Å². The summed E-state index contributed by atoms with van der Waals surface area (Å²) in [5.74, 6) is 1.62. The Labute approximate surface area is 182 Å². The summed E-state index contributed by atoms with van der Waals surface area (Å²) in [6.07, 6.45) is 1.85. The van der Waals surface area contributed by atoms with Crippen LogP contribution in [0.25, 0.3) is 0 Å². The fraction of sp³-hybridized carbons (Fsp3) is 0.524. The molecule has 0 saturated carbocycles. The highest BCUT2D eigenvalue weighted by Gasteiger charge is 2.27. The molecular weight excluding hydrogens is 422 g/mol. The first-order valence-electron chi connectivity index (χ1n) is 10.2. The van der Waals surface area contributed by atoms with Crippen molar-refractivity contribution in [1.29, 1.82) is 0 Å². The van der Waals surface area contributed by atoms with E-state index in [1.807, 2.05) is 49.9 Å². The summed E-state index contributed by atoms with van der Waals surface area (Å²) in [6, 6.07) is 7.52. The summed E-state index contributed by atoms with van der Waals surface area (Å²) in [7, 11) is -3.23. The van der Waals surface area contributed by atoms with E-state index in [1.165, 1.54) is 0 Å². The number of nitrogens with one attached hydrogen (secondary N) is 1. The number of nitrogens with zero attached hydrogens (tertiary/aromatic N) is 2.